The third kappa shape index (κ3) is 6.02. The quantitative estimate of drug-likeness (QED) is 0.380. The maximum absolute atomic E-state index is 5.15. The van der Waals surface area contributed by atoms with Crippen molar-refractivity contribution in [2.24, 2.45) is 0 Å². The fraction of sp³-hybridized carbons (Fsp3) is 0.850. The van der Waals surface area contributed by atoms with Gasteiger partial charge in [-0.3, -0.25) is 0 Å². The van der Waals surface area contributed by atoms with Crippen LogP contribution < -0.4 is 3.02 Å². The molecule has 130 valence electrons. The van der Waals surface area contributed by atoms with Crippen LogP contribution in [0.4, 0.5) is 0 Å². The Morgan fingerprint density at radius 1 is 0.913 bits per heavy atom. The molecule has 1 aliphatic carbocycles. The van der Waals surface area contributed by atoms with Gasteiger partial charge >= 0.3 is 159 Å². The summed E-state index contributed by atoms with van der Waals surface area (Å²) in [6.45, 7) is 7.08. The molecule has 2 radical (unpaired) electrons. The van der Waals surface area contributed by atoms with Gasteiger partial charge in [0.2, 0.25) is 0 Å². The summed E-state index contributed by atoms with van der Waals surface area (Å²) in [6.07, 6.45) is 18.2. The van der Waals surface area contributed by atoms with Gasteiger partial charge in [-0.2, -0.15) is 0 Å². The molecule has 0 atom stereocenters. The molecule has 1 heterocycles. The topological polar surface area (TPSA) is 12.9 Å². The van der Waals surface area contributed by atoms with E-state index >= 15 is 0 Å². The molecule has 0 aromatic carbocycles. The average Bonchev–Trinajstić information content (AvgIpc) is 2.98. The third-order valence-corrected chi connectivity index (χ3v) is 12.4. The number of nitrogens with zero attached hydrogens (tertiary/aromatic N) is 1. The first kappa shape index (κ1) is 19.7. The molecule has 3 heteroatoms. The molecule has 0 saturated heterocycles. The Hall–Kier alpha value is 0.429. The van der Waals surface area contributed by atoms with Crippen LogP contribution in [-0.2, 0) is 12.8 Å². The van der Waals surface area contributed by atoms with Gasteiger partial charge in [0.1, 0.15) is 0 Å². The van der Waals surface area contributed by atoms with Gasteiger partial charge < -0.3 is 0 Å². The molecule has 1 aromatic heterocycles. The van der Waals surface area contributed by atoms with E-state index in [1.807, 2.05) is 0 Å². The van der Waals surface area contributed by atoms with E-state index < -0.39 is 21.1 Å². The summed E-state index contributed by atoms with van der Waals surface area (Å²) >= 11 is 1.54. The Bertz CT molecular complexity index is 409. The predicted octanol–water partition coefficient (Wildman–Crippen LogP) is 6.08. The molecule has 0 fully saturated rings. The Labute approximate surface area is 158 Å². The zero-order valence-corrected chi connectivity index (χ0v) is 19.2. The number of aromatic nitrogens is 1. The van der Waals surface area contributed by atoms with Crippen molar-refractivity contribution in [1.29, 1.82) is 0 Å². The number of fused-ring (bicyclic) bond motifs is 1. The van der Waals surface area contributed by atoms with Crippen molar-refractivity contribution in [3.05, 3.63) is 10.6 Å². The van der Waals surface area contributed by atoms with Crippen LogP contribution in [0.25, 0.3) is 0 Å². The molecule has 0 N–H and O–H groups in total. The molecular formula is C20H35NSSn. The molecule has 0 amide bonds. The summed E-state index contributed by atoms with van der Waals surface area (Å²) in [4.78, 5) is 6.81. The number of unbranched alkanes of at least 4 members (excludes halogenated alkanes) is 3. The van der Waals surface area contributed by atoms with E-state index in [-0.39, 0.29) is 0 Å². The Kier molecular flexibility index (Phi) is 8.95. The van der Waals surface area contributed by atoms with E-state index in [1.165, 1.54) is 89.2 Å². The van der Waals surface area contributed by atoms with E-state index in [4.69, 9.17) is 4.98 Å². The summed E-state index contributed by atoms with van der Waals surface area (Å²) in [5.41, 5.74) is 1.49. The molecule has 0 aliphatic heterocycles. The fourth-order valence-electron chi connectivity index (χ4n) is 3.74. The van der Waals surface area contributed by atoms with Gasteiger partial charge in [0, 0.05) is 0 Å². The van der Waals surface area contributed by atoms with Crippen LogP contribution in [0.2, 0.25) is 3.43 Å². The second-order valence-corrected chi connectivity index (χ2v) is 14.5. The van der Waals surface area contributed by atoms with Crippen LogP contribution in [-0.4, -0.2) is 26.1 Å². The van der Waals surface area contributed by atoms with Gasteiger partial charge in [0.25, 0.3) is 0 Å². The number of rotatable bonds is 11. The molecule has 1 nitrogen and oxygen atoms in total. The number of hydrogen-bond acceptors (Lipinski definition) is 2. The average molecular weight is 440 g/mol. The van der Waals surface area contributed by atoms with Gasteiger partial charge in [-0.15, -0.1) is 0 Å². The van der Waals surface area contributed by atoms with Crippen molar-refractivity contribution >= 4 is 35.5 Å². The first-order chi connectivity index (χ1) is 11.2. The summed E-state index contributed by atoms with van der Waals surface area (Å²) in [6, 6.07) is 0. The predicted molar refractivity (Wildman–Crippen MR) is 105 cm³/mol. The molecule has 0 spiro atoms. The Balaban J connectivity index is 2.13. The molecule has 0 unspecified atom stereocenters. The molecule has 1 aromatic rings. The molecule has 0 bridgehead atoms. The van der Waals surface area contributed by atoms with E-state index in [2.05, 4.69) is 32.1 Å². The maximum atomic E-state index is 5.15. The molecule has 23 heavy (non-hydrogen) atoms. The van der Waals surface area contributed by atoms with Crippen molar-refractivity contribution in [2.75, 3.05) is 0 Å². The number of aryl methyl sites for hydroxylation is 2. The van der Waals surface area contributed by atoms with E-state index in [9.17, 15) is 0 Å². The number of thiazole rings is 1. The summed E-state index contributed by atoms with van der Waals surface area (Å²) in [5, 5.41) is 0. The summed E-state index contributed by atoms with van der Waals surface area (Å²) in [7, 11) is 0. The van der Waals surface area contributed by atoms with Crippen LogP contribution in [0.1, 0.15) is 102 Å². The van der Waals surface area contributed by atoms with Gasteiger partial charge in [0.05, 0.1) is 0 Å². The SMILES string of the molecule is CCCC[C](CCCC)(CCCC)[Sn][c]1nc2c(s1)CCCC2. The van der Waals surface area contributed by atoms with Crippen molar-refractivity contribution < 1.29 is 0 Å². The van der Waals surface area contributed by atoms with Gasteiger partial charge in [0.15, 0.2) is 0 Å². The normalized spacial score (nSPS) is 14.9. The molecule has 2 rings (SSSR count). The summed E-state index contributed by atoms with van der Waals surface area (Å²) in [5.74, 6) is 0. The third-order valence-electron chi connectivity index (χ3n) is 5.24. The Morgan fingerprint density at radius 3 is 2.00 bits per heavy atom. The second-order valence-electron chi connectivity index (χ2n) is 7.31. The van der Waals surface area contributed by atoms with E-state index in [1.54, 1.807) is 7.90 Å². The zero-order valence-electron chi connectivity index (χ0n) is 15.5. The first-order valence-corrected chi connectivity index (χ1v) is 13.7. The van der Waals surface area contributed by atoms with Crippen molar-refractivity contribution in [1.82, 2.24) is 4.98 Å². The standard InChI is InChI=1S/C13H27.C7H8NS.Sn/c1-4-7-10-13(11-8-5-2)12-9-6-3;1-2-4-7-6(3-1)8-5-9-7;/h4-12H2,1-3H3;1-4H2;. The molecule has 1 aliphatic rings. The van der Waals surface area contributed by atoms with Crippen molar-refractivity contribution in [2.45, 2.75) is 108 Å². The Morgan fingerprint density at radius 2 is 1.48 bits per heavy atom. The molecule has 0 saturated carbocycles. The molecular weight excluding hydrogens is 405 g/mol. The van der Waals surface area contributed by atoms with Crippen LogP contribution in [0.3, 0.4) is 0 Å². The van der Waals surface area contributed by atoms with Crippen molar-refractivity contribution in [3.63, 3.8) is 0 Å². The van der Waals surface area contributed by atoms with Gasteiger partial charge in [-0.25, -0.2) is 0 Å². The van der Waals surface area contributed by atoms with Gasteiger partial charge in [-0.05, 0) is 0 Å². The van der Waals surface area contributed by atoms with E-state index in [0.29, 0.717) is 3.43 Å². The van der Waals surface area contributed by atoms with Gasteiger partial charge in [-0.1, -0.05) is 0 Å². The van der Waals surface area contributed by atoms with Crippen LogP contribution in [0, 0.1) is 0 Å². The summed E-state index contributed by atoms with van der Waals surface area (Å²) < 4.78 is 2.33. The zero-order chi connectivity index (χ0) is 16.5. The first-order valence-electron chi connectivity index (χ1n) is 9.99. The minimum atomic E-state index is -0.586. The van der Waals surface area contributed by atoms with Crippen LogP contribution in [0.15, 0.2) is 0 Å². The number of hydrogen-bond donors (Lipinski definition) is 0. The minimum absolute atomic E-state index is 0.586. The monoisotopic (exact) mass is 441 g/mol. The van der Waals surface area contributed by atoms with Crippen molar-refractivity contribution in [3.8, 4) is 0 Å². The van der Waals surface area contributed by atoms with Crippen LogP contribution >= 0.6 is 11.3 Å². The second kappa shape index (κ2) is 10.4. The van der Waals surface area contributed by atoms with Crippen LogP contribution in [0.5, 0.6) is 0 Å². The van der Waals surface area contributed by atoms with E-state index in [0.717, 1.165) is 0 Å². The fourth-order valence-corrected chi connectivity index (χ4v) is 12.1.